The van der Waals surface area contributed by atoms with Crippen LogP contribution in [0, 0.1) is 0 Å². The van der Waals surface area contributed by atoms with Gasteiger partial charge in [0, 0.05) is 19.6 Å². The van der Waals surface area contributed by atoms with Crippen molar-refractivity contribution < 1.29 is 32.8 Å². The molecule has 3 N–H and O–H groups in total. The first-order valence-electron chi connectivity index (χ1n) is 25.7. The summed E-state index contributed by atoms with van der Waals surface area (Å²) in [6.45, 7) is 4.98. The fourth-order valence-corrected chi connectivity index (χ4v) is 8.41. The normalized spacial score (nSPS) is 13.4. The van der Waals surface area contributed by atoms with Gasteiger partial charge >= 0.3 is 13.8 Å². The standard InChI is InChI=1S/C50H100NO7P/c1-3-5-7-9-11-13-15-17-19-21-23-24-25-27-29-31-33-35-37-39-41-43-50(52)58-49(48-57-59(53,54)56-46-44-51)47-55-45-42-40-38-36-34-32-30-28-26-22-20-18-16-14-12-10-8-6-4-2/h20,22,49H,3-19,21,23-48,51H2,1-2H3,(H,53,54)/b22-20-. The van der Waals surface area contributed by atoms with Crippen LogP contribution in [0.15, 0.2) is 12.2 Å². The predicted molar refractivity (Wildman–Crippen MR) is 252 cm³/mol. The fourth-order valence-electron chi connectivity index (χ4n) is 7.64. The van der Waals surface area contributed by atoms with Crippen molar-refractivity contribution in [3.8, 4) is 0 Å². The Balaban J connectivity index is 3.90. The Kier molecular flexibility index (Phi) is 47.7. The van der Waals surface area contributed by atoms with Crippen molar-refractivity contribution in [1.82, 2.24) is 0 Å². The molecule has 2 atom stereocenters. The molecule has 0 heterocycles. The third-order valence-corrected chi connectivity index (χ3v) is 12.4. The minimum Gasteiger partial charge on any atom is -0.457 e. The lowest BCUT2D eigenvalue weighted by Crippen LogP contribution is -2.28. The molecule has 0 spiro atoms. The number of nitrogens with two attached hydrogens (primary N) is 1. The molecule has 0 rings (SSSR count). The highest BCUT2D eigenvalue weighted by Gasteiger charge is 2.25. The van der Waals surface area contributed by atoms with Gasteiger partial charge in [0.05, 0.1) is 19.8 Å². The monoisotopic (exact) mass is 858 g/mol. The highest BCUT2D eigenvalue weighted by Crippen LogP contribution is 2.43. The third-order valence-electron chi connectivity index (χ3n) is 11.4. The Labute approximate surface area is 366 Å². The number of hydrogen-bond acceptors (Lipinski definition) is 7. The highest BCUT2D eigenvalue weighted by atomic mass is 31.2. The van der Waals surface area contributed by atoms with Crippen LogP contribution >= 0.6 is 7.82 Å². The van der Waals surface area contributed by atoms with E-state index in [1.54, 1.807) is 0 Å². The number of ether oxygens (including phenoxy) is 2. The quantitative estimate of drug-likeness (QED) is 0.0269. The van der Waals surface area contributed by atoms with E-state index in [1.165, 1.54) is 212 Å². The van der Waals surface area contributed by atoms with Crippen LogP contribution in [0.1, 0.15) is 264 Å². The molecule has 0 aliphatic carbocycles. The van der Waals surface area contributed by atoms with Gasteiger partial charge < -0.3 is 20.1 Å². The van der Waals surface area contributed by atoms with Crippen molar-refractivity contribution in [2.75, 3.05) is 33.0 Å². The minimum atomic E-state index is -4.28. The lowest BCUT2D eigenvalue weighted by molar-refractivity contribution is -0.154. The van der Waals surface area contributed by atoms with Crippen molar-refractivity contribution in [1.29, 1.82) is 0 Å². The van der Waals surface area contributed by atoms with Crippen molar-refractivity contribution >= 4 is 13.8 Å². The van der Waals surface area contributed by atoms with Gasteiger partial charge in [0.1, 0.15) is 6.10 Å². The summed E-state index contributed by atoms with van der Waals surface area (Å²) in [7, 11) is -4.28. The second kappa shape index (κ2) is 48.3. The number of carbonyl (C=O) groups is 1. The smallest absolute Gasteiger partial charge is 0.457 e. The molecular weight excluding hydrogens is 758 g/mol. The maximum absolute atomic E-state index is 12.7. The first-order valence-corrected chi connectivity index (χ1v) is 27.2. The van der Waals surface area contributed by atoms with Gasteiger partial charge in [-0.3, -0.25) is 13.8 Å². The van der Waals surface area contributed by atoms with E-state index >= 15 is 0 Å². The highest BCUT2D eigenvalue weighted by molar-refractivity contribution is 7.47. The van der Waals surface area contributed by atoms with Crippen LogP contribution in [0.5, 0.6) is 0 Å². The first kappa shape index (κ1) is 58.2. The van der Waals surface area contributed by atoms with Crippen LogP contribution in [-0.4, -0.2) is 49.9 Å². The zero-order valence-electron chi connectivity index (χ0n) is 39.3. The van der Waals surface area contributed by atoms with Gasteiger partial charge in [0.2, 0.25) is 0 Å². The van der Waals surface area contributed by atoms with Gasteiger partial charge in [0.15, 0.2) is 0 Å². The molecule has 2 unspecified atom stereocenters. The Bertz CT molecular complexity index is 920. The summed E-state index contributed by atoms with van der Waals surface area (Å²) in [4.78, 5) is 22.6. The van der Waals surface area contributed by atoms with Crippen LogP contribution in [0.25, 0.3) is 0 Å². The SMILES string of the molecule is CCCCCCCCC/C=C\CCCCCCCCCCOCC(COP(=O)(O)OCCN)OC(=O)CCCCCCCCCCCCCCCCCCCCCCC. The molecule has 0 bridgehead atoms. The number of esters is 1. The Morgan fingerprint density at radius 3 is 1.24 bits per heavy atom. The molecule has 59 heavy (non-hydrogen) atoms. The van der Waals surface area contributed by atoms with Crippen LogP contribution in [0.3, 0.4) is 0 Å². The van der Waals surface area contributed by atoms with Gasteiger partial charge in [-0.2, -0.15) is 0 Å². The molecule has 0 aromatic carbocycles. The Hall–Kier alpha value is -0.760. The topological polar surface area (TPSA) is 117 Å². The summed E-state index contributed by atoms with van der Waals surface area (Å²) in [5.74, 6) is -0.324. The molecule has 8 nitrogen and oxygen atoms in total. The number of unbranched alkanes of at least 4 members (excludes halogenated alkanes) is 35. The molecule has 0 aromatic heterocycles. The number of carbonyl (C=O) groups excluding carboxylic acids is 1. The first-order chi connectivity index (χ1) is 28.9. The summed E-state index contributed by atoms with van der Waals surface area (Å²) < 4.78 is 33.6. The number of hydrogen-bond donors (Lipinski definition) is 2. The van der Waals surface area contributed by atoms with E-state index in [2.05, 4.69) is 26.0 Å². The Morgan fingerprint density at radius 1 is 0.492 bits per heavy atom. The second-order valence-corrected chi connectivity index (χ2v) is 18.8. The second-order valence-electron chi connectivity index (χ2n) is 17.4. The van der Waals surface area contributed by atoms with Gasteiger partial charge in [-0.05, 0) is 38.5 Å². The van der Waals surface area contributed by atoms with E-state index in [4.69, 9.17) is 24.3 Å². The van der Waals surface area contributed by atoms with Crippen LogP contribution in [0.2, 0.25) is 0 Å². The van der Waals surface area contributed by atoms with E-state index in [0.717, 1.165) is 32.1 Å². The maximum atomic E-state index is 12.7. The number of phosphoric acid groups is 1. The molecule has 0 saturated carbocycles. The number of rotatable bonds is 50. The molecule has 0 aliphatic rings. The third kappa shape index (κ3) is 48.1. The average molecular weight is 858 g/mol. The summed E-state index contributed by atoms with van der Waals surface area (Å²) in [5.41, 5.74) is 5.39. The van der Waals surface area contributed by atoms with Crippen LogP contribution in [-0.2, 0) is 27.9 Å². The van der Waals surface area contributed by atoms with E-state index in [9.17, 15) is 14.3 Å². The number of phosphoric ester groups is 1. The lowest BCUT2D eigenvalue weighted by Gasteiger charge is -2.20. The molecule has 0 aliphatic heterocycles. The summed E-state index contributed by atoms with van der Waals surface area (Å²) in [5, 5.41) is 0. The van der Waals surface area contributed by atoms with E-state index in [-0.39, 0.29) is 32.3 Å². The zero-order valence-corrected chi connectivity index (χ0v) is 40.2. The minimum absolute atomic E-state index is 0.0923. The summed E-state index contributed by atoms with van der Waals surface area (Å²) in [6, 6.07) is 0. The molecule has 0 saturated heterocycles. The average Bonchev–Trinajstić information content (AvgIpc) is 3.23. The van der Waals surface area contributed by atoms with Crippen molar-refractivity contribution in [3.05, 3.63) is 12.2 Å². The van der Waals surface area contributed by atoms with Gasteiger partial charge in [-0.25, -0.2) is 4.57 Å². The summed E-state index contributed by atoms with van der Waals surface area (Å²) in [6.07, 6.45) is 53.9. The van der Waals surface area contributed by atoms with Crippen molar-refractivity contribution in [3.63, 3.8) is 0 Å². The van der Waals surface area contributed by atoms with E-state index in [0.29, 0.717) is 13.0 Å². The maximum Gasteiger partial charge on any atom is 0.472 e. The molecule has 0 amide bonds. The molecule has 0 fully saturated rings. The van der Waals surface area contributed by atoms with Crippen LogP contribution in [0.4, 0.5) is 0 Å². The molecule has 0 aromatic rings. The van der Waals surface area contributed by atoms with Gasteiger partial charge in [-0.15, -0.1) is 0 Å². The van der Waals surface area contributed by atoms with Gasteiger partial charge in [-0.1, -0.05) is 231 Å². The molecule has 352 valence electrons. The zero-order chi connectivity index (χ0) is 43.0. The molecule has 9 heteroatoms. The van der Waals surface area contributed by atoms with Crippen molar-refractivity contribution in [2.45, 2.75) is 270 Å². The van der Waals surface area contributed by atoms with Gasteiger partial charge in [0.25, 0.3) is 0 Å². The number of allylic oxidation sites excluding steroid dienone is 2. The largest absolute Gasteiger partial charge is 0.472 e. The Morgan fingerprint density at radius 2 is 0.847 bits per heavy atom. The van der Waals surface area contributed by atoms with E-state index in [1.807, 2.05) is 0 Å². The van der Waals surface area contributed by atoms with Crippen LogP contribution < -0.4 is 5.73 Å². The molecular formula is C50H100NO7P. The van der Waals surface area contributed by atoms with Crippen molar-refractivity contribution in [2.24, 2.45) is 5.73 Å². The molecule has 0 radical (unpaired) electrons. The fraction of sp³-hybridized carbons (Fsp3) is 0.940. The van der Waals surface area contributed by atoms with E-state index < -0.39 is 13.9 Å². The summed E-state index contributed by atoms with van der Waals surface area (Å²) >= 11 is 0. The lowest BCUT2D eigenvalue weighted by atomic mass is 10.0. The predicted octanol–water partition coefficient (Wildman–Crippen LogP) is 15.8.